The first-order chi connectivity index (χ1) is 18.6. The molecule has 0 spiro atoms. The van der Waals surface area contributed by atoms with Crippen LogP contribution in [0.15, 0.2) is 83.9 Å². The van der Waals surface area contributed by atoms with E-state index in [9.17, 15) is 4.79 Å². The zero-order valence-corrected chi connectivity index (χ0v) is 22.6. The zero-order valence-electron chi connectivity index (χ0n) is 21.8. The van der Waals surface area contributed by atoms with Gasteiger partial charge in [0.15, 0.2) is 6.23 Å². The van der Waals surface area contributed by atoms with Gasteiger partial charge in [-0.2, -0.15) is 5.10 Å². The van der Waals surface area contributed by atoms with E-state index in [-0.39, 0.29) is 6.23 Å². The molecule has 0 amide bonds. The quantitative estimate of drug-likeness (QED) is 0.144. The number of nitrogens with zero attached hydrogens (tertiary/aromatic N) is 2. The first-order valence-corrected chi connectivity index (χ1v) is 14.3. The van der Waals surface area contributed by atoms with Gasteiger partial charge in [0.2, 0.25) is 0 Å². The highest BCUT2D eigenvalue weighted by molar-refractivity contribution is 7.98. The maximum absolute atomic E-state index is 11.0. The largest absolute Gasteiger partial charge is 0.478 e. The van der Waals surface area contributed by atoms with Gasteiger partial charge in [-0.1, -0.05) is 55.5 Å². The van der Waals surface area contributed by atoms with Gasteiger partial charge in [-0.25, -0.2) is 9.48 Å². The third kappa shape index (κ3) is 5.47. The van der Waals surface area contributed by atoms with Crippen molar-refractivity contribution >= 4 is 45.9 Å². The number of hydrogen-bond donors (Lipinski definition) is 1. The van der Waals surface area contributed by atoms with Gasteiger partial charge < -0.3 is 9.84 Å². The van der Waals surface area contributed by atoms with Gasteiger partial charge in [-0.05, 0) is 89.6 Å². The normalized spacial score (nSPS) is 16.6. The molecule has 1 aromatic heterocycles. The highest BCUT2D eigenvalue weighted by atomic mass is 32.2. The van der Waals surface area contributed by atoms with Crippen LogP contribution >= 0.6 is 11.8 Å². The van der Waals surface area contributed by atoms with Gasteiger partial charge in [0.1, 0.15) is 0 Å². The summed E-state index contributed by atoms with van der Waals surface area (Å²) in [5.74, 6) is -0.955. The minimum atomic E-state index is -0.955. The molecule has 1 aliphatic rings. The zero-order chi connectivity index (χ0) is 26.5. The molecule has 1 atom stereocenters. The minimum Gasteiger partial charge on any atom is -0.478 e. The summed E-state index contributed by atoms with van der Waals surface area (Å²) >= 11 is 1.75. The molecule has 194 valence electrons. The Morgan fingerprint density at radius 2 is 1.89 bits per heavy atom. The molecule has 4 aromatic rings. The van der Waals surface area contributed by atoms with Crippen molar-refractivity contribution in [1.29, 1.82) is 0 Å². The molecule has 0 saturated carbocycles. The minimum absolute atomic E-state index is 0.00632. The first kappa shape index (κ1) is 26.0. The van der Waals surface area contributed by atoms with E-state index in [0.717, 1.165) is 59.9 Å². The van der Waals surface area contributed by atoms with Crippen LogP contribution in [0.4, 0.5) is 0 Å². The fourth-order valence-electron chi connectivity index (χ4n) is 5.19. The van der Waals surface area contributed by atoms with Crippen LogP contribution in [0.2, 0.25) is 0 Å². The molecule has 3 aromatic carbocycles. The average molecular weight is 525 g/mol. The second kappa shape index (κ2) is 11.8. The van der Waals surface area contributed by atoms with Gasteiger partial charge in [0.25, 0.3) is 0 Å². The van der Waals surface area contributed by atoms with Gasteiger partial charge in [0.05, 0.1) is 11.7 Å². The number of carboxylic acid groups (broad SMARTS) is 1. The molecule has 0 radical (unpaired) electrons. The Morgan fingerprint density at radius 1 is 1.11 bits per heavy atom. The third-order valence-electron chi connectivity index (χ3n) is 7.02. The van der Waals surface area contributed by atoms with Crippen LogP contribution in [-0.2, 0) is 9.53 Å². The number of carboxylic acids is 1. The number of thioether (sulfide) groups is 1. The van der Waals surface area contributed by atoms with Crippen molar-refractivity contribution in [3.8, 4) is 0 Å². The summed E-state index contributed by atoms with van der Waals surface area (Å²) < 4.78 is 8.03. The second-order valence-corrected chi connectivity index (χ2v) is 10.2. The summed E-state index contributed by atoms with van der Waals surface area (Å²) in [6, 6.07) is 23.2. The molecule has 1 fully saturated rings. The smallest absolute Gasteiger partial charge is 0.328 e. The maximum Gasteiger partial charge on any atom is 0.328 e. The topological polar surface area (TPSA) is 64.3 Å². The third-order valence-corrected chi connectivity index (χ3v) is 7.81. The summed E-state index contributed by atoms with van der Waals surface area (Å²) in [7, 11) is 0. The maximum atomic E-state index is 11.0. The molecule has 5 rings (SSSR count). The lowest BCUT2D eigenvalue weighted by Gasteiger charge is -2.23. The average Bonchev–Trinajstić information content (AvgIpc) is 3.39. The Balaban J connectivity index is 1.66. The standard InChI is InChI=1S/C32H32N2O3S/c1-3-26(27-8-4-5-9-29(27)38-2)32(23-14-11-22(12-15-23)13-18-31(35)36)24-16-17-28-25(20-24)21-33-34(28)30-10-6-7-19-37-30/h4-5,8-9,11-18,20-21,30H,3,6-7,10,19H2,1-2H3,(H,35,36)/b18-13?,32-26-. The number of fused-ring (bicyclic) bond motifs is 1. The van der Waals surface area contributed by atoms with E-state index < -0.39 is 5.97 Å². The molecule has 0 aliphatic carbocycles. The summed E-state index contributed by atoms with van der Waals surface area (Å²) in [6.07, 6.45) is 10.9. The Bertz CT molecular complexity index is 1490. The van der Waals surface area contributed by atoms with Crippen LogP contribution in [0.5, 0.6) is 0 Å². The summed E-state index contributed by atoms with van der Waals surface area (Å²) in [5.41, 5.74) is 7.82. The number of hydrogen-bond acceptors (Lipinski definition) is 4. The van der Waals surface area contributed by atoms with Crippen molar-refractivity contribution in [3.05, 3.63) is 101 Å². The van der Waals surface area contributed by atoms with Crippen molar-refractivity contribution in [2.75, 3.05) is 12.9 Å². The number of rotatable bonds is 8. The van der Waals surface area contributed by atoms with E-state index in [1.54, 1.807) is 17.8 Å². The van der Waals surface area contributed by atoms with Crippen LogP contribution in [0, 0.1) is 0 Å². The molecular weight excluding hydrogens is 492 g/mol. The van der Waals surface area contributed by atoms with Gasteiger partial charge >= 0.3 is 5.97 Å². The van der Waals surface area contributed by atoms with E-state index in [4.69, 9.17) is 14.9 Å². The Kier molecular flexibility index (Phi) is 8.11. The Labute approximate surface area is 227 Å². The van der Waals surface area contributed by atoms with E-state index in [0.29, 0.717) is 0 Å². The molecule has 2 heterocycles. The lowest BCUT2D eigenvalue weighted by molar-refractivity contribution is -0.131. The Morgan fingerprint density at radius 3 is 2.61 bits per heavy atom. The fourth-order valence-corrected chi connectivity index (χ4v) is 5.82. The molecule has 5 nitrogen and oxygen atoms in total. The summed E-state index contributed by atoms with van der Waals surface area (Å²) in [4.78, 5) is 12.2. The van der Waals surface area contributed by atoms with Gasteiger partial charge in [0, 0.05) is 23.0 Å². The van der Waals surface area contributed by atoms with Gasteiger partial charge in [-0.3, -0.25) is 0 Å². The molecule has 0 bridgehead atoms. The van der Waals surface area contributed by atoms with Crippen LogP contribution < -0.4 is 0 Å². The molecule has 1 saturated heterocycles. The number of ether oxygens (including phenoxy) is 1. The number of benzene rings is 3. The monoisotopic (exact) mass is 524 g/mol. The van der Waals surface area contributed by atoms with Crippen molar-refractivity contribution in [2.24, 2.45) is 0 Å². The first-order valence-electron chi connectivity index (χ1n) is 13.1. The van der Waals surface area contributed by atoms with Crippen LogP contribution in [0.3, 0.4) is 0 Å². The molecule has 38 heavy (non-hydrogen) atoms. The molecule has 1 unspecified atom stereocenters. The predicted octanol–water partition coefficient (Wildman–Crippen LogP) is 7.92. The highest BCUT2D eigenvalue weighted by Crippen LogP contribution is 2.39. The number of aliphatic carboxylic acids is 1. The molecule has 1 aliphatic heterocycles. The van der Waals surface area contributed by atoms with E-state index >= 15 is 0 Å². The molecule has 6 heteroatoms. The van der Waals surface area contributed by atoms with E-state index in [1.807, 2.05) is 23.0 Å². The predicted molar refractivity (Wildman–Crippen MR) is 156 cm³/mol. The second-order valence-electron chi connectivity index (χ2n) is 9.38. The van der Waals surface area contributed by atoms with E-state index in [2.05, 4.69) is 67.8 Å². The van der Waals surface area contributed by atoms with Crippen molar-refractivity contribution in [1.82, 2.24) is 9.78 Å². The molecular formula is C32H32N2O3S. The Hall–Kier alpha value is -3.61. The SMILES string of the molecule is CC/C(=C(\c1ccc(C=CC(=O)O)cc1)c1ccc2c(cnn2C2CCCCO2)c1)c1ccccc1SC. The summed E-state index contributed by atoms with van der Waals surface area (Å²) in [5, 5.41) is 14.8. The van der Waals surface area contributed by atoms with E-state index in [1.165, 1.54) is 27.7 Å². The van der Waals surface area contributed by atoms with Gasteiger partial charge in [-0.15, -0.1) is 11.8 Å². The lowest BCUT2D eigenvalue weighted by atomic mass is 9.87. The summed E-state index contributed by atoms with van der Waals surface area (Å²) in [6.45, 7) is 2.98. The van der Waals surface area contributed by atoms with Crippen LogP contribution in [0.1, 0.15) is 61.1 Å². The van der Waals surface area contributed by atoms with Crippen LogP contribution in [0.25, 0.3) is 28.1 Å². The number of carbonyl (C=O) groups is 1. The fraction of sp³-hybridized carbons (Fsp3) is 0.250. The van der Waals surface area contributed by atoms with Crippen molar-refractivity contribution in [2.45, 2.75) is 43.7 Å². The highest BCUT2D eigenvalue weighted by Gasteiger charge is 2.20. The van der Waals surface area contributed by atoms with Crippen LogP contribution in [-0.4, -0.2) is 33.7 Å². The molecule has 1 N–H and O–H groups in total. The number of allylic oxidation sites excluding steroid dienone is 1. The lowest BCUT2D eigenvalue weighted by Crippen LogP contribution is -2.18. The number of aromatic nitrogens is 2. The van der Waals surface area contributed by atoms with Crippen molar-refractivity contribution in [3.63, 3.8) is 0 Å². The van der Waals surface area contributed by atoms with Crippen molar-refractivity contribution < 1.29 is 14.6 Å².